The molecule has 3 N–H and O–H groups in total. The Balaban J connectivity index is 2.34. The number of aliphatic hydroxyl groups is 2. The molecule has 0 spiro atoms. The van der Waals surface area contributed by atoms with Crippen LogP contribution in [0.5, 0.6) is 0 Å². The van der Waals surface area contributed by atoms with Gasteiger partial charge < -0.3 is 15.5 Å². The van der Waals surface area contributed by atoms with Crippen molar-refractivity contribution in [3.05, 3.63) is 35.4 Å². The third-order valence-electron chi connectivity index (χ3n) is 3.49. The van der Waals surface area contributed by atoms with Crippen LogP contribution in [-0.2, 0) is 6.42 Å². The maximum Gasteiger partial charge on any atom is 0.251 e. The van der Waals surface area contributed by atoms with E-state index in [2.05, 4.69) is 12.2 Å². The second-order valence-electron chi connectivity index (χ2n) is 5.41. The summed E-state index contributed by atoms with van der Waals surface area (Å²) in [5.41, 5.74) is 1.83. The predicted octanol–water partition coefficient (Wildman–Crippen LogP) is 2.28. The molecule has 0 aromatic heterocycles. The molecule has 0 heterocycles. The van der Waals surface area contributed by atoms with Gasteiger partial charge in [-0.05, 0) is 30.5 Å². The standard InChI is InChI=1S/C17H27NO3/c1-2-3-4-5-6-7-14-8-10-15(11-9-14)17(21)18-12-16(20)13-19/h8-11,16,19-20H,2-7,12-13H2,1H3,(H,18,21)/t16-/m1/s1. The first kappa shape index (κ1) is 17.7. The van der Waals surface area contributed by atoms with E-state index in [1.807, 2.05) is 24.3 Å². The molecule has 0 bridgehead atoms. The van der Waals surface area contributed by atoms with Gasteiger partial charge in [0.15, 0.2) is 0 Å². The van der Waals surface area contributed by atoms with Gasteiger partial charge in [-0.1, -0.05) is 44.7 Å². The second-order valence-corrected chi connectivity index (χ2v) is 5.41. The second kappa shape index (κ2) is 10.4. The summed E-state index contributed by atoms with van der Waals surface area (Å²) in [6.07, 6.45) is 6.45. The van der Waals surface area contributed by atoms with Crippen molar-refractivity contribution in [1.29, 1.82) is 0 Å². The number of benzene rings is 1. The van der Waals surface area contributed by atoms with E-state index in [1.165, 1.54) is 37.7 Å². The van der Waals surface area contributed by atoms with Gasteiger partial charge in [0.25, 0.3) is 5.91 Å². The highest BCUT2D eigenvalue weighted by Gasteiger charge is 2.08. The van der Waals surface area contributed by atoms with Crippen LogP contribution in [0, 0.1) is 0 Å². The number of unbranched alkanes of at least 4 members (excludes halogenated alkanes) is 4. The quantitative estimate of drug-likeness (QED) is 0.580. The number of aliphatic hydroxyl groups excluding tert-OH is 2. The molecule has 1 aromatic carbocycles. The summed E-state index contributed by atoms with van der Waals surface area (Å²) < 4.78 is 0. The lowest BCUT2D eigenvalue weighted by molar-refractivity contribution is 0.0802. The van der Waals surface area contributed by atoms with Crippen molar-refractivity contribution in [2.45, 2.75) is 51.6 Å². The van der Waals surface area contributed by atoms with Crippen molar-refractivity contribution in [1.82, 2.24) is 5.32 Å². The maximum atomic E-state index is 11.8. The van der Waals surface area contributed by atoms with Gasteiger partial charge in [-0.2, -0.15) is 0 Å². The Morgan fingerprint density at radius 2 is 1.81 bits per heavy atom. The maximum absolute atomic E-state index is 11.8. The van der Waals surface area contributed by atoms with E-state index in [1.54, 1.807) is 0 Å². The average molecular weight is 293 g/mol. The number of hydrogen-bond acceptors (Lipinski definition) is 3. The zero-order valence-corrected chi connectivity index (χ0v) is 12.8. The molecular weight excluding hydrogens is 266 g/mol. The number of hydrogen-bond donors (Lipinski definition) is 3. The Kier molecular flexibility index (Phi) is 8.71. The van der Waals surface area contributed by atoms with E-state index in [-0.39, 0.29) is 19.1 Å². The summed E-state index contributed by atoms with van der Waals surface area (Å²) in [6, 6.07) is 7.58. The zero-order valence-electron chi connectivity index (χ0n) is 12.8. The molecule has 0 aliphatic rings. The van der Waals surface area contributed by atoms with Gasteiger partial charge in [-0.3, -0.25) is 4.79 Å². The van der Waals surface area contributed by atoms with E-state index in [9.17, 15) is 9.90 Å². The van der Waals surface area contributed by atoms with Crippen molar-refractivity contribution in [2.75, 3.05) is 13.2 Å². The van der Waals surface area contributed by atoms with E-state index < -0.39 is 6.10 Å². The normalized spacial score (nSPS) is 12.1. The summed E-state index contributed by atoms with van der Waals surface area (Å²) in [6.45, 7) is 1.93. The van der Waals surface area contributed by atoms with Gasteiger partial charge in [0.1, 0.15) is 0 Å². The molecule has 21 heavy (non-hydrogen) atoms. The van der Waals surface area contributed by atoms with Crippen LogP contribution in [-0.4, -0.2) is 35.4 Å². The summed E-state index contributed by atoms with van der Waals surface area (Å²) in [7, 11) is 0. The van der Waals surface area contributed by atoms with Crippen LogP contribution in [0.3, 0.4) is 0 Å². The Morgan fingerprint density at radius 3 is 2.43 bits per heavy atom. The molecule has 118 valence electrons. The molecule has 1 atom stereocenters. The average Bonchev–Trinajstić information content (AvgIpc) is 2.52. The Morgan fingerprint density at radius 1 is 1.14 bits per heavy atom. The van der Waals surface area contributed by atoms with Gasteiger partial charge in [0, 0.05) is 12.1 Å². The minimum absolute atomic E-state index is 0.0640. The van der Waals surface area contributed by atoms with Crippen LogP contribution >= 0.6 is 0 Å². The van der Waals surface area contributed by atoms with Crippen molar-refractivity contribution in [3.63, 3.8) is 0 Å². The van der Waals surface area contributed by atoms with E-state index in [0.29, 0.717) is 5.56 Å². The van der Waals surface area contributed by atoms with Crippen LogP contribution in [0.1, 0.15) is 54.9 Å². The molecule has 4 nitrogen and oxygen atoms in total. The van der Waals surface area contributed by atoms with E-state index in [0.717, 1.165) is 6.42 Å². The fourth-order valence-corrected chi connectivity index (χ4v) is 2.13. The van der Waals surface area contributed by atoms with E-state index >= 15 is 0 Å². The molecule has 1 amide bonds. The lowest BCUT2D eigenvalue weighted by Crippen LogP contribution is -2.33. The van der Waals surface area contributed by atoms with Crippen molar-refractivity contribution in [2.24, 2.45) is 0 Å². The molecule has 4 heteroatoms. The first-order valence-electron chi connectivity index (χ1n) is 7.83. The third-order valence-corrected chi connectivity index (χ3v) is 3.49. The molecule has 1 rings (SSSR count). The van der Waals surface area contributed by atoms with Gasteiger partial charge in [0.2, 0.25) is 0 Å². The van der Waals surface area contributed by atoms with Crippen LogP contribution in [0.15, 0.2) is 24.3 Å². The minimum Gasteiger partial charge on any atom is -0.394 e. The lowest BCUT2D eigenvalue weighted by atomic mass is 10.0. The minimum atomic E-state index is -0.906. The number of carbonyl (C=O) groups is 1. The zero-order chi connectivity index (χ0) is 15.5. The highest BCUT2D eigenvalue weighted by molar-refractivity contribution is 5.94. The first-order valence-corrected chi connectivity index (χ1v) is 7.83. The summed E-state index contributed by atoms with van der Waals surface area (Å²) in [4.78, 5) is 11.8. The fourth-order valence-electron chi connectivity index (χ4n) is 2.13. The number of amides is 1. The van der Waals surface area contributed by atoms with Crippen molar-refractivity contribution >= 4 is 5.91 Å². The molecule has 0 aliphatic carbocycles. The number of nitrogens with one attached hydrogen (secondary N) is 1. The molecule has 0 radical (unpaired) electrons. The number of rotatable bonds is 10. The van der Waals surface area contributed by atoms with Crippen molar-refractivity contribution in [3.8, 4) is 0 Å². The Hall–Kier alpha value is -1.39. The number of aryl methyl sites for hydroxylation is 1. The smallest absolute Gasteiger partial charge is 0.251 e. The molecular formula is C17H27NO3. The third kappa shape index (κ3) is 7.25. The van der Waals surface area contributed by atoms with Crippen LogP contribution in [0.25, 0.3) is 0 Å². The molecule has 0 aliphatic heterocycles. The van der Waals surface area contributed by atoms with Gasteiger partial charge in [0.05, 0.1) is 12.7 Å². The largest absolute Gasteiger partial charge is 0.394 e. The highest BCUT2D eigenvalue weighted by atomic mass is 16.3. The Bertz CT molecular complexity index is 403. The monoisotopic (exact) mass is 293 g/mol. The number of carbonyl (C=O) groups excluding carboxylic acids is 1. The topological polar surface area (TPSA) is 69.6 Å². The molecule has 0 fully saturated rings. The Labute approximate surface area is 127 Å². The van der Waals surface area contributed by atoms with Crippen LogP contribution < -0.4 is 5.32 Å². The van der Waals surface area contributed by atoms with Gasteiger partial charge in [-0.15, -0.1) is 0 Å². The van der Waals surface area contributed by atoms with Crippen molar-refractivity contribution < 1.29 is 15.0 Å². The first-order chi connectivity index (χ1) is 10.2. The molecule has 0 unspecified atom stereocenters. The summed E-state index contributed by atoms with van der Waals surface area (Å²) in [5, 5.41) is 20.5. The summed E-state index contributed by atoms with van der Waals surface area (Å²) in [5.74, 6) is -0.225. The SMILES string of the molecule is CCCCCCCc1ccc(C(=O)NC[C@@H](O)CO)cc1. The lowest BCUT2D eigenvalue weighted by Gasteiger charge is -2.09. The summed E-state index contributed by atoms with van der Waals surface area (Å²) >= 11 is 0. The fraction of sp³-hybridized carbons (Fsp3) is 0.588. The molecule has 1 aromatic rings. The molecule has 0 saturated heterocycles. The van der Waals surface area contributed by atoms with Gasteiger partial charge in [-0.25, -0.2) is 0 Å². The van der Waals surface area contributed by atoms with E-state index in [4.69, 9.17) is 5.11 Å². The van der Waals surface area contributed by atoms with Gasteiger partial charge >= 0.3 is 0 Å². The van der Waals surface area contributed by atoms with Crippen LogP contribution in [0.4, 0.5) is 0 Å². The predicted molar refractivity (Wildman–Crippen MR) is 84.3 cm³/mol. The molecule has 0 saturated carbocycles. The highest BCUT2D eigenvalue weighted by Crippen LogP contribution is 2.10. The van der Waals surface area contributed by atoms with Crippen LogP contribution in [0.2, 0.25) is 0 Å².